The molecule has 0 aliphatic heterocycles. The van der Waals surface area contributed by atoms with Gasteiger partial charge in [0.2, 0.25) is 0 Å². The maximum absolute atomic E-state index is 12.6. The largest absolute Gasteiger partial charge is 0.454 e. The molecule has 8 nitrogen and oxygen atoms in total. The summed E-state index contributed by atoms with van der Waals surface area (Å²) in [5.74, 6) is -0.989. The van der Waals surface area contributed by atoms with Gasteiger partial charge < -0.3 is 9.73 Å². The zero-order valence-electron chi connectivity index (χ0n) is 18.2. The van der Waals surface area contributed by atoms with E-state index in [0.29, 0.717) is 22.9 Å². The summed E-state index contributed by atoms with van der Waals surface area (Å²) in [6, 6.07) is 8.78. The van der Waals surface area contributed by atoms with Crippen LogP contribution in [0.5, 0.6) is 0 Å². The molecule has 0 radical (unpaired) electrons. The Morgan fingerprint density at radius 2 is 1.61 bits per heavy atom. The normalized spacial score (nSPS) is 12.0. The second kappa shape index (κ2) is 11.5. The van der Waals surface area contributed by atoms with Crippen molar-refractivity contribution in [1.82, 2.24) is 21.1 Å². The number of rotatable bonds is 9. The lowest BCUT2D eigenvalue weighted by Gasteiger charge is -2.21. The fourth-order valence-corrected chi connectivity index (χ4v) is 3.00. The summed E-state index contributed by atoms with van der Waals surface area (Å²) in [6.07, 6.45) is 0. The topological polar surface area (TPSA) is 104 Å². The summed E-state index contributed by atoms with van der Waals surface area (Å²) in [6.45, 7) is 10.0. The molecule has 0 saturated heterocycles. The van der Waals surface area contributed by atoms with E-state index in [9.17, 15) is 14.4 Å². The van der Waals surface area contributed by atoms with Crippen LogP contribution < -0.4 is 16.2 Å². The number of benzene rings is 1. The van der Waals surface area contributed by atoms with Crippen molar-refractivity contribution in [2.24, 2.45) is 5.92 Å². The van der Waals surface area contributed by atoms with Crippen LogP contribution in [0.15, 0.2) is 40.8 Å². The first-order valence-corrected chi connectivity index (χ1v) is 10.6. The minimum Gasteiger partial charge on any atom is -0.454 e. The van der Waals surface area contributed by atoms with Crippen LogP contribution in [0.25, 0.3) is 0 Å². The average Bonchev–Trinajstić information content (AvgIpc) is 3.22. The highest BCUT2D eigenvalue weighted by molar-refractivity contribution is 6.30. The lowest BCUT2D eigenvalue weighted by molar-refractivity contribution is -0.124. The summed E-state index contributed by atoms with van der Waals surface area (Å²) in [7, 11) is 0. The van der Waals surface area contributed by atoms with Crippen molar-refractivity contribution in [3.05, 3.63) is 58.5 Å². The van der Waals surface area contributed by atoms with E-state index in [-0.39, 0.29) is 11.7 Å². The lowest BCUT2D eigenvalue weighted by atomic mass is 10.0. The predicted octanol–water partition coefficient (Wildman–Crippen LogP) is 2.99. The minimum absolute atomic E-state index is 0.0914. The van der Waals surface area contributed by atoms with E-state index in [1.807, 2.05) is 13.8 Å². The van der Waals surface area contributed by atoms with Crippen molar-refractivity contribution in [2.75, 3.05) is 13.1 Å². The Bertz CT molecular complexity index is 891. The highest BCUT2D eigenvalue weighted by Crippen LogP contribution is 2.12. The van der Waals surface area contributed by atoms with Gasteiger partial charge in [-0.15, -0.1) is 0 Å². The molecular weight excluding hydrogens is 420 g/mol. The van der Waals surface area contributed by atoms with Gasteiger partial charge in [-0.3, -0.25) is 30.1 Å². The van der Waals surface area contributed by atoms with Crippen LogP contribution in [-0.2, 0) is 11.3 Å². The molecule has 2 aromatic rings. The van der Waals surface area contributed by atoms with Crippen molar-refractivity contribution in [3.63, 3.8) is 0 Å². The highest BCUT2D eigenvalue weighted by atomic mass is 35.5. The molecule has 1 atom stereocenters. The van der Waals surface area contributed by atoms with Gasteiger partial charge in [-0.1, -0.05) is 39.3 Å². The molecule has 3 amide bonds. The molecule has 0 aliphatic rings. The molecule has 3 N–H and O–H groups in total. The number of hydrogen-bond acceptors (Lipinski definition) is 5. The molecule has 168 valence electrons. The Morgan fingerprint density at radius 1 is 0.968 bits per heavy atom. The number of halogens is 1. The van der Waals surface area contributed by atoms with Gasteiger partial charge in [0.1, 0.15) is 11.8 Å². The number of amides is 3. The molecule has 0 bridgehead atoms. The van der Waals surface area contributed by atoms with E-state index in [1.54, 1.807) is 50.2 Å². The van der Waals surface area contributed by atoms with E-state index in [4.69, 9.17) is 16.0 Å². The van der Waals surface area contributed by atoms with E-state index in [1.165, 1.54) is 0 Å². The number of hydrogen-bond donors (Lipinski definition) is 3. The highest BCUT2D eigenvalue weighted by Gasteiger charge is 2.25. The Kier molecular flexibility index (Phi) is 9.08. The van der Waals surface area contributed by atoms with Crippen molar-refractivity contribution < 1.29 is 18.8 Å². The third-order valence-electron chi connectivity index (χ3n) is 4.80. The smallest absolute Gasteiger partial charge is 0.305 e. The molecule has 1 aromatic heterocycles. The molecule has 0 aliphatic carbocycles. The van der Waals surface area contributed by atoms with E-state index < -0.39 is 23.8 Å². The molecule has 1 unspecified atom stereocenters. The SMILES string of the molecule is CCN(CC)Cc1ccc(C(=O)NNC(=O)C(NC(=O)c2ccc(Cl)cc2)C(C)C)o1. The zero-order valence-corrected chi connectivity index (χ0v) is 19.0. The minimum atomic E-state index is -0.849. The van der Waals surface area contributed by atoms with Crippen LogP contribution in [-0.4, -0.2) is 41.8 Å². The Balaban J connectivity index is 1.94. The number of furan rings is 1. The number of hydrazine groups is 1. The summed E-state index contributed by atoms with van der Waals surface area (Å²) in [4.78, 5) is 39.5. The number of nitrogens with one attached hydrogen (secondary N) is 3. The fourth-order valence-electron chi connectivity index (χ4n) is 2.87. The number of carbonyl (C=O) groups is 3. The van der Waals surface area contributed by atoms with Gasteiger partial charge in [-0.25, -0.2) is 0 Å². The summed E-state index contributed by atoms with van der Waals surface area (Å²) >= 11 is 5.84. The van der Waals surface area contributed by atoms with Gasteiger partial charge >= 0.3 is 5.91 Å². The molecule has 9 heteroatoms. The van der Waals surface area contributed by atoms with Gasteiger partial charge in [0.05, 0.1) is 6.54 Å². The quantitative estimate of drug-likeness (QED) is 0.511. The standard InChI is InChI=1S/C22H29ClN4O4/c1-5-27(6-2)13-17-11-12-18(31-17)21(29)25-26-22(30)19(14(3)4)24-20(28)15-7-9-16(23)10-8-15/h7-12,14,19H,5-6,13H2,1-4H3,(H,24,28)(H,25,29)(H,26,30). The second-order valence-corrected chi connectivity index (χ2v) is 7.81. The van der Waals surface area contributed by atoms with Crippen LogP contribution in [0.2, 0.25) is 5.02 Å². The Labute approximate surface area is 187 Å². The van der Waals surface area contributed by atoms with Crippen molar-refractivity contribution >= 4 is 29.3 Å². The zero-order chi connectivity index (χ0) is 23.0. The first-order valence-electron chi connectivity index (χ1n) is 10.2. The van der Waals surface area contributed by atoms with E-state index >= 15 is 0 Å². The molecule has 1 aromatic carbocycles. The van der Waals surface area contributed by atoms with E-state index in [2.05, 4.69) is 21.1 Å². The third kappa shape index (κ3) is 7.11. The van der Waals surface area contributed by atoms with Crippen molar-refractivity contribution in [2.45, 2.75) is 40.3 Å². The van der Waals surface area contributed by atoms with Gasteiger partial charge in [-0.05, 0) is 55.4 Å². The molecule has 31 heavy (non-hydrogen) atoms. The van der Waals surface area contributed by atoms with Crippen LogP contribution in [0.3, 0.4) is 0 Å². The van der Waals surface area contributed by atoms with Crippen molar-refractivity contribution in [1.29, 1.82) is 0 Å². The maximum atomic E-state index is 12.6. The van der Waals surface area contributed by atoms with Gasteiger partial charge in [0.25, 0.3) is 11.8 Å². The molecule has 0 saturated carbocycles. The monoisotopic (exact) mass is 448 g/mol. The van der Waals surface area contributed by atoms with Crippen LogP contribution >= 0.6 is 11.6 Å². The molecular formula is C22H29ClN4O4. The van der Waals surface area contributed by atoms with Gasteiger partial charge in [0, 0.05) is 10.6 Å². The van der Waals surface area contributed by atoms with Gasteiger partial charge in [0.15, 0.2) is 5.76 Å². The van der Waals surface area contributed by atoms with Crippen molar-refractivity contribution in [3.8, 4) is 0 Å². The first-order chi connectivity index (χ1) is 14.7. The van der Waals surface area contributed by atoms with Gasteiger partial charge in [-0.2, -0.15) is 0 Å². The number of carbonyl (C=O) groups excluding carboxylic acids is 3. The molecule has 1 heterocycles. The van der Waals surface area contributed by atoms with Crippen LogP contribution in [0.1, 0.15) is 54.4 Å². The lowest BCUT2D eigenvalue weighted by Crippen LogP contribution is -2.54. The first kappa shape index (κ1) is 24.4. The molecule has 2 rings (SSSR count). The summed E-state index contributed by atoms with van der Waals surface area (Å²) in [5, 5.41) is 3.19. The predicted molar refractivity (Wildman–Crippen MR) is 118 cm³/mol. The maximum Gasteiger partial charge on any atom is 0.305 e. The fraction of sp³-hybridized carbons (Fsp3) is 0.409. The summed E-state index contributed by atoms with van der Waals surface area (Å²) in [5.41, 5.74) is 5.07. The Hall–Kier alpha value is -2.84. The molecule has 0 fully saturated rings. The molecule has 0 spiro atoms. The third-order valence-corrected chi connectivity index (χ3v) is 5.05. The van der Waals surface area contributed by atoms with E-state index in [0.717, 1.165) is 13.1 Å². The summed E-state index contributed by atoms with van der Waals surface area (Å²) < 4.78 is 5.57. The van der Waals surface area contributed by atoms with Crippen LogP contribution in [0.4, 0.5) is 0 Å². The Morgan fingerprint density at radius 3 is 2.19 bits per heavy atom. The second-order valence-electron chi connectivity index (χ2n) is 7.37. The number of nitrogens with zero attached hydrogens (tertiary/aromatic N) is 1. The van der Waals surface area contributed by atoms with Crippen LogP contribution in [0, 0.1) is 5.92 Å². The average molecular weight is 449 g/mol.